The molecule has 1 unspecified atom stereocenters. The van der Waals surface area contributed by atoms with Crippen LogP contribution in [0.1, 0.15) is 52.0 Å². The maximum atomic E-state index is 12.7. The summed E-state index contributed by atoms with van der Waals surface area (Å²) in [7, 11) is 1.61. The van der Waals surface area contributed by atoms with Crippen LogP contribution in [0.5, 0.6) is 0 Å². The molecule has 1 rings (SSSR count). The summed E-state index contributed by atoms with van der Waals surface area (Å²) >= 11 is 0. The van der Waals surface area contributed by atoms with Gasteiger partial charge in [0.25, 0.3) is 0 Å². The molecule has 1 aromatic carbocycles. The average Bonchev–Trinajstić information content (AvgIpc) is 2.79. The van der Waals surface area contributed by atoms with Crippen molar-refractivity contribution in [3.8, 4) is 0 Å². The number of carbonyl (C=O) groups excluding carboxylic acids is 3. The molecular formula is C25H39NO6. The Balaban J connectivity index is 2.52. The highest BCUT2D eigenvalue weighted by molar-refractivity contribution is 5.87. The average molecular weight is 450 g/mol. The molecule has 1 aromatic rings. The van der Waals surface area contributed by atoms with Gasteiger partial charge in [-0.1, -0.05) is 51.1 Å². The molecule has 7 heteroatoms. The second-order valence-corrected chi connectivity index (χ2v) is 8.29. The van der Waals surface area contributed by atoms with E-state index in [4.69, 9.17) is 14.2 Å². The number of benzene rings is 1. The quantitative estimate of drug-likeness (QED) is 0.271. The van der Waals surface area contributed by atoms with Gasteiger partial charge in [-0.15, -0.1) is 0 Å². The Morgan fingerprint density at radius 2 is 1.66 bits per heavy atom. The van der Waals surface area contributed by atoms with E-state index in [1.54, 1.807) is 7.11 Å². The summed E-state index contributed by atoms with van der Waals surface area (Å²) in [6.45, 7) is 7.66. The van der Waals surface area contributed by atoms with Crippen molar-refractivity contribution >= 4 is 17.5 Å². The van der Waals surface area contributed by atoms with Crippen LogP contribution in [0.3, 0.4) is 0 Å². The predicted octanol–water partition coefficient (Wildman–Crippen LogP) is 3.34. The highest BCUT2D eigenvalue weighted by Gasteiger charge is 2.23. The summed E-state index contributed by atoms with van der Waals surface area (Å²) in [5, 5.41) is 3.08. The standard InChI is InChI=1S/C25H39NO6/c1-19(2)20(3)24(28)17-26-22(23(27)11-8-14-31-16-15-30-4)12-13-25(29)32-18-21-9-6-5-7-10-21/h5-7,9-10,19-20,22,26H,8,11-18H2,1-4H3/t20-,22?/m0/s1. The van der Waals surface area contributed by atoms with Crippen LogP contribution in [-0.2, 0) is 35.2 Å². The first-order valence-corrected chi connectivity index (χ1v) is 11.4. The van der Waals surface area contributed by atoms with Crippen LogP contribution in [0, 0.1) is 11.8 Å². The van der Waals surface area contributed by atoms with Gasteiger partial charge in [-0.05, 0) is 24.3 Å². The van der Waals surface area contributed by atoms with Gasteiger partial charge in [-0.3, -0.25) is 14.4 Å². The van der Waals surface area contributed by atoms with Gasteiger partial charge in [0.1, 0.15) is 18.2 Å². The minimum Gasteiger partial charge on any atom is -0.461 e. The van der Waals surface area contributed by atoms with Gasteiger partial charge in [-0.2, -0.15) is 0 Å². The van der Waals surface area contributed by atoms with E-state index in [1.807, 2.05) is 51.1 Å². The van der Waals surface area contributed by atoms with Gasteiger partial charge in [-0.25, -0.2) is 0 Å². The van der Waals surface area contributed by atoms with Crippen LogP contribution in [-0.4, -0.2) is 57.1 Å². The molecule has 0 aliphatic heterocycles. The van der Waals surface area contributed by atoms with Crippen molar-refractivity contribution in [2.24, 2.45) is 11.8 Å². The lowest BCUT2D eigenvalue weighted by atomic mass is 9.93. The van der Waals surface area contributed by atoms with Crippen molar-refractivity contribution in [3.05, 3.63) is 35.9 Å². The van der Waals surface area contributed by atoms with Crippen molar-refractivity contribution < 1.29 is 28.6 Å². The number of methoxy groups -OCH3 is 1. The number of carbonyl (C=O) groups is 3. The second-order valence-electron chi connectivity index (χ2n) is 8.29. The number of Topliss-reactive ketones (excluding diaryl/α,β-unsaturated/α-hetero) is 2. The monoisotopic (exact) mass is 449 g/mol. The molecule has 2 atom stereocenters. The smallest absolute Gasteiger partial charge is 0.306 e. The van der Waals surface area contributed by atoms with E-state index in [1.165, 1.54) is 0 Å². The van der Waals surface area contributed by atoms with Crippen molar-refractivity contribution in [2.75, 3.05) is 33.5 Å². The third kappa shape index (κ3) is 12.1. The van der Waals surface area contributed by atoms with E-state index in [0.29, 0.717) is 39.1 Å². The highest BCUT2D eigenvalue weighted by atomic mass is 16.5. The molecule has 7 nitrogen and oxygen atoms in total. The highest BCUT2D eigenvalue weighted by Crippen LogP contribution is 2.12. The molecule has 0 aliphatic rings. The van der Waals surface area contributed by atoms with Gasteiger partial charge in [0.2, 0.25) is 0 Å². The maximum absolute atomic E-state index is 12.7. The molecule has 0 saturated carbocycles. The van der Waals surface area contributed by atoms with Gasteiger partial charge < -0.3 is 19.5 Å². The third-order valence-electron chi connectivity index (χ3n) is 5.44. The fourth-order valence-electron chi connectivity index (χ4n) is 2.97. The molecule has 0 aliphatic carbocycles. The topological polar surface area (TPSA) is 90.9 Å². The Labute approximate surface area is 192 Å². The van der Waals surface area contributed by atoms with E-state index in [9.17, 15) is 14.4 Å². The molecule has 0 radical (unpaired) electrons. The number of rotatable bonds is 18. The lowest BCUT2D eigenvalue weighted by molar-refractivity contribution is -0.145. The molecule has 0 bridgehead atoms. The first kappa shape index (κ1) is 27.9. The van der Waals surface area contributed by atoms with Gasteiger partial charge in [0, 0.05) is 32.5 Å². The van der Waals surface area contributed by atoms with Crippen molar-refractivity contribution in [3.63, 3.8) is 0 Å². The summed E-state index contributed by atoms with van der Waals surface area (Å²) in [6.07, 6.45) is 1.29. The number of hydrogen-bond donors (Lipinski definition) is 1. The molecule has 0 fully saturated rings. The van der Waals surface area contributed by atoms with E-state index in [-0.39, 0.29) is 48.9 Å². The van der Waals surface area contributed by atoms with Crippen LogP contribution in [0.2, 0.25) is 0 Å². The Bertz CT molecular complexity index is 676. The molecule has 0 heterocycles. The summed E-state index contributed by atoms with van der Waals surface area (Å²) in [6, 6.07) is 8.87. The minimum atomic E-state index is -0.568. The number of esters is 1. The molecular weight excluding hydrogens is 410 g/mol. The zero-order valence-electron chi connectivity index (χ0n) is 19.9. The Hall–Kier alpha value is -2.09. The number of ether oxygens (including phenoxy) is 3. The van der Waals surface area contributed by atoms with Gasteiger partial charge in [0.05, 0.1) is 25.8 Å². The molecule has 180 valence electrons. The van der Waals surface area contributed by atoms with Gasteiger partial charge in [0.15, 0.2) is 0 Å². The van der Waals surface area contributed by atoms with Crippen molar-refractivity contribution in [1.29, 1.82) is 0 Å². The lowest BCUT2D eigenvalue weighted by Gasteiger charge is -2.20. The van der Waals surface area contributed by atoms with E-state index < -0.39 is 6.04 Å². The van der Waals surface area contributed by atoms with E-state index in [0.717, 1.165) is 5.56 Å². The van der Waals surface area contributed by atoms with Crippen molar-refractivity contribution in [2.45, 2.75) is 59.1 Å². The number of nitrogens with one attached hydrogen (secondary N) is 1. The normalized spacial score (nSPS) is 13.0. The summed E-state index contributed by atoms with van der Waals surface area (Å²) in [5.41, 5.74) is 0.911. The van der Waals surface area contributed by atoms with Gasteiger partial charge >= 0.3 is 5.97 Å². The first-order chi connectivity index (χ1) is 15.3. The first-order valence-electron chi connectivity index (χ1n) is 11.4. The maximum Gasteiger partial charge on any atom is 0.306 e. The Morgan fingerprint density at radius 1 is 0.938 bits per heavy atom. The van der Waals surface area contributed by atoms with Crippen LogP contribution >= 0.6 is 0 Å². The largest absolute Gasteiger partial charge is 0.461 e. The summed E-state index contributed by atoms with van der Waals surface area (Å²) in [4.78, 5) is 37.3. The van der Waals surface area contributed by atoms with E-state index >= 15 is 0 Å². The summed E-state index contributed by atoms with van der Waals surface area (Å²) in [5.74, 6) is -0.189. The molecule has 32 heavy (non-hydrogen) atoms. The Morgan fingerprint density at radius 3 is 2.31 bits per heavy atom. The molecule has 0 spiro atoms. The van der Waals surface area contributed by atoms with Crippen LogP contribution < -0.4 is 5.32 Å². The minimum absolute atomic E-state index is 0.0267. The molecule has 1 N–H and O–H groups in total. The summed E-state index contributed by atoms with van der Waals surface area (Å²) < 4.78 is 15.6. The number of hydrogen-bond acceptors (Lipinski definition) is 7. The molecule has 0 amide bonds. The fraction of sp³-hybridized carbons (Fsp3) is 0.640. The van der Waals surface area contributed by atoms with Crippen LogP contribution in [0.4, 0.5) is 0 Å². The van der Waals surface area contributed by atoms with E-state index in [2.05, 4.69) is 5.32 Å². The van der Waals surface area contributed by atoms with Crippen molar-refractivity contribution in [1.82, 2.24) is 5.32 Å². The third-order valence-corrected chi connectivity index (χ3v) is 5.44. The zero-order valence-corrected chi connectivity index (χ0v) is 19.9. The predicted molar refractivity (Wildman–Crippen MR) is 123 cm³/mol. The molecule has 0 aromatic heterocycles. The fourth-order valence-corrected chi connectivity index (χ4v) is 2.97. The lowest BCUT2D eigenvalue weighted by Crippen LogP contribution is -2.42. The van der Waals surface area contributed by atoms with Crippen LogP contribution in [0.15, 0.2) is 30.3 Å². The zero-order chi connectivity index (χ0) is 23.8. The molecule has 0 saturated heterocycles. The van der Waals surface area contributed by atoms with Crippen LogP contribution in [0.25, 0.3) is 0 Å². The number of ketones is 2. The second kappa shape index (κ2) is 16.5. The Kier molecular flexibility index (Phi) is 14.4. The SMILES string of the molecule is COCCOCCCC(=O)C(CCC(=O)OCc1ccccc1)NCC(=O)[C@@H](C)C(C)C.